The predicted octanol–water partition coefficient (Wildman–Crippen LogP) is 0.527. The van der Waals surface area contributed by atoms with Crippen molar-refractivity contribution in [1.29, 1.82) is 0 Å². The first-order valence-corrected chi connectivity index (χ1v) is 6.54. The molecule has 1 aliphatic heterocycles. The number of aromatic nitrogens is 2. The lowest BCUT2D eigenvalue weighted by molar-refractivity contribution is -0.120. The van der Waals surface area contributed by atoms with Gasteiger partial charge in [-0.05, 0) is 0 Å². The summed E-state index contributed by atoms with van der Waals surface area (Å²) in [6.07, 6.45) is 0.920. The van der Waals surface area contributed by atoms with Crippen LogP contribution in [0.15, 0.2) is 17.4 Å². The first kappa shape index (κ1) is 18.6. The molecule has 1 N–H and O–H groups in total. The number of aliphatic imine (C=N–C) groups is 1. The minimum atomic E-state index is -2.46. The highest BCUT2D eigenvalue weighted by atomic mass is 127. The molecule has 1 amide bonds. The van der Waals surface area contributed by atoms with Gasteiger partial charge in [0.05, 0.1) is 18.4 Å². The van der Waals surface area contributed by atoms with E-state index in [1.807, 2.05) is 0 Å². The van der Waals surface area contributed by atoms with Crippen LogP contribution in [0.1, 0.15) is 0 Å². The molecule has 2 rings (SSSR count). The van der Waals surface area contributed by atoms with Gasteiger partial charge in [0.25, 0.3) is 6.43 Å². The molecule has 0 saturated carbocycles. The third-order valence-electron chi connectivity index (χ3n) is 3.15. The van der Waals surface area contributed by atoms with Crippen LogP contribution in [0.25, 0.3) is 0 Å². The van der Waals surface area contributed by atoms with Gasteiger partial charge in [-0.25, -0.2) is 8.78 Å². The molecule has 0 spiro atoms. The number of halogens is 3. The topological polar surface area (TPSA) is 65.8 Å². The molecule has 2 heterocycles. The molecule has 0 aliphatic carbocycles. The second-order valence-corrected chi connectivity index (χ2v) is 4.66. The zero-order valence-corrected chi connectivity index (χ0v) is 14.7. The number of carbonyl (C=O) groups is 1. The summed E-state index contributed by atoms with van der Waals surface area (Å²) in [4.78, 5) is 19.4. The number of piperazine rings is 1. The van der Waals surface area contributed by atoms with E-state index in [-0.39, 0.29) is 36.4 Å². The number of rotatable bonds is 3. The molecule has 0 unspecified atom stereocenters. The summed E-state index contributed by atoms with van der Waals surface area (Å²) in [5.41, 5.74) is 0.734. The maximum atomic E-state index is 12.2. The van der Waals surface area contributed by atoms with Crippen LogP contribution in [0.4, 0.5) is 14.5 Å². The Kier molecular flexibility index (Phi) is 6.97. The molecule has 10 heteroatoms. The van der Waals surface area contributed by atoms with Crippen molar-refractivity contribution in [3.8, 4) is 0 Å². The molecule has 0 aromatic carbocycles. The van der Waals surface area contributed by atoms with E-state index >= 15 is 0 Å². The lowest BCUT2D eigenvalue weighted by Crippen LogP contribution is -2.55. The number of nitrogens with one attached hydrogen (secondary N) is 1. The number of hydrogen-bond acceptors (Lipinski definition) is 3. The van der Waals surface area contributed by atoms with Gasteiger partial charge in [-0.15, -0.1) is 24.0 Å². The number of aryl methyl sites for hydroxylation is 1. The number of alkyl halides is 2. The van der Waals surface area contributed by atoms with Gasteiger partial charge in [0.15, 0.2) is 5.96 Å². The normalized spacial score (nSPS) is 16.0. The molecule has 124 valence electrons. The Morgan fingerprint density at radius 2 is 2.23 bits per heavy atom. The van der Waals surface area contributed by atoms with E-state index in [0.29, 0.717) is 19.0 Å². The Bertz CT molecular complexity index is 535. The summed E-state index contributed by atoms with van der Waals surface area (Å²) >= 11 is 0. The minimum Gasteiger partial charge on any atom is -0.350 e. The highest BCUT2D eigenvalue weighted by molar-refractivity contribution is 14.0. The van der Waals surface area contributed by atoms with Crippen molar-refractivity contribution < 1.29 is 13.6 Å². The van der Waals surface area contributed by atoms with Crippen molar-refractivity contribution in [3.63, 3.8) is 0 Å². The fourth-order valence-corrected chi connectivity index (χ4v) is 2.18. The largest absolute Gasteiger partial charge is 0.350 e. The van der Waals surface area contributed by atoms with Gasteiger partial charge in [0, 0.05) is 33.4 Å². The van der Waals surface area contributed by atoms with Crippen LogP contribution in [0.5, 0.6) is 0 Å². The molecule has 7 nitrogen and oxygen atoms in total. The molecular weight excluding hydrogens is 409 g/mol. The van der Waals surface area contributed by atoms with Gasteiger partial charge in [0.1, 0.15) is 6.54 Å². The number of guanidine groups is 1. The average Bonchev–Trinajstić information content (AvgIpc) is 2.85. The van der Waals surface area contributed by atoms with Crippen molar-refractivity contribution in [3.05, 3.63) is 12.4 Å². The SMILES string of the molecule is CN=C(NCC(F)F)N1CCN(c2cnn(C)c2)C(=O)C1.I. The summed E-state index contributed by atoms with van der Waals surface area (Å²) in [6, 6.07) is 0. The van der Waals surface area contributed by atoms with E-state index in [0.717, 1.165) is 5.69 Å². The van der Waals surface area contributed by atoms with Gasteiger partial charge < -0.3 is 15.1 Å². The maximum Gasteiger partial charge on any atom is 0.255 e. The summed E-state index contributed by atoms with van der Waals surface area (Å²) < 4.78 is 26.1. The molecule has 1 saturated heterocycles. The Hall–Kier alpha value is -1.46. The Morgan fingerprint density at radius 1 is 1.50 bits per heavy atom. The second-order valence-electron chi connectivity index (χ2n) is 4.66. The van der Waals surface area contributed by atoms with E-state index in [4.69, 9.17) is 0 Å². The summed E-state index contributed by atoms with van der Waals surface area (Å²) in [5, 5.41) is 6.59. The number of carbonyl (C=O) groups excluding carboxylic acids is 1. The molecular formula is C12H19F2IN6O. The Morgan fingerprint density at radius 3 is 2.73 bits per heavy atom. The summed E-state index contributed by atoms with van der Waals surface area (Å²) in [7, 11) is 3.28. The van der Waals surface area contributed by atoms with Gasteiger partial charge in [-0.3, -0.25) is 14.5 Å². The van der Waals surface area contributed by atoms with Crippen LogP contribution in [0, 0.1) is 0 Å². The molecule has 1 aliphatic rings. The number of hydrogen-bond donors (Lipinski definition) is 1. The zero-order valence-electron chi connectivity index (χ0n) is 12.4. The lowest BCUT2D eigenvalue weighted by atomic mass is 10.3. The highest BCUT2D eigenvalue weighted by Crippen LogP contribution is 2.15. The molecule has 1 aromatic rings. The van der Waals surface area contributed by atoms with Gasteiger partial charge in [0.2, 0.25) is 5.91 Å². The summed E-state index contributed by atoms with van der Waals surface area (Å²) in [5.74, 6) is 0.198. The van der Waals surface area contributed by atoms with Crippen LogP contribution in [-0.4, -0.2) is 66.2 Å². The molecule has 1 aromatic heterocycles. The second kappa shape index (κ2) is 8.25. The highest BCUT2D eigenvalue weighted by Gasteiger charge is 2.27. The van der Waals surface area contributed by atoms with E-state index in [9.17, 15) is 13.6 Å². The standard InChI is InChI=1S/C12H18F2N6O.HI/c1-15-12(16-6-10(13)14)19-3-4-20(11(21)8-19)9-5-17-18(2)7-9;/h5,7,10H,3-4,6,8H2,1-2H3,(H,15,16);1H. The van der Waals surface area contributed by atoms with Gasteiger partial charge >= 0.3 is 0 Å². The number of anilines is 1. The molecule has 0 radical (unpaired) electrons. The van der Waals surface area contributed by atoms with Gasteiger partial charge in [-0.1, -0.05) is 0 Å². The van der Waals surface area contributed by atoms with E-state index in [1.54, 1.807) is 33.9 Å². The number of amides is 1. The Balaban J connectivity index is 0.00000242. The zero-order chi connectivity index (χ0) is 15.4. The summed E-state index contributed by atoms with van der Waals surface area (Å²) in [6.45, 7) is 0.588. The van der Waals surface area contributed by atoms with E-state index in [2.05, 4.69) is 15.4 Å². The molecule has 22 heavy (non-hydrogen) atoms. The van der Waals surface area contributed by atoms with Crippen LogP contribution in [0.2, 0.25) is 0 Å². The lowest BCUT2D eigenvalue weighted by Gasteiger charge is -2.35. The smallest absolute Gasteiger partial charge is 0.255 e. The molecule has 1 fully saturated rings. The predicted molar refractivity (Wildman–Crippen MR) is 89.9 cm³/mol. The van der Waals surface area contributed by atoms with Crippen LogP contribution >= 0.6 is 24.0 Å². The van der Waals surface area contributed by atoms with Crippen LogP contribution < -0.4 is 10.2 Å². The maximum absolute atomic E-state index is 12.2. The minimum absolute atomic E-state index is 0. The van der Waals surface area contributed by atoms with Crippen molar-refractivity contribution >= 4 is 41.5 Å². The average molecular weight is 428 g/mol. The van der Waals surface area contributed by atoms with E-state index in [1.165, 1.54) is 7.05 Å². The molecule has 0 bridgehead atoms. The third-order valence-corrected chi connectivity index (χ3v) is 3.15. The van der Waals surface area contributed by atoms with Crippen molar-refractivity contribution in [2.75, 3.05) is 38.1 Å². The van der Waals surface area contributed by atoms with Crippen molar-refractivity contribution in [1.82, 2.24) is 20.0 Å². The quantitative estimate of drug-likeness (QED) is 0.434. The fourth-order valence-electron chi connectivity index (χ4n) is 2.18. The van der Waals surface area contributed by atoms with Crippen molar-refractivity contribution in [2.24, 2.45) is 12.0 Å². The molecule has 0 atom stereocenters. The monoisotopic (exact) mass is 428 g/mol. The van der Waals surface area contributed by atoms with Crippen molar-refractivity contribution in [2.45, 2.75) is 6.43 Å². The Labute approximate surface area is 144 Å². The number of nitrogens with zero attached hydrogens (tertiary/aromatic N) is 5. The first-order chi connectivity index (χ1) is 10.0. The van der Waals surface area contributed by atoms with Gasteiger partial charge in [-0.2, -0.15) is 5.10 Å². The fraction of sp³-hybridized carbons (Fsp3) is 0.583. The van der Waals surface area contributed by atoms with E-state index < -0.39 is 13.0 Å². The first-order valence-electron chi connectivity index (χ1n) is 6.54. The van der Waals surface area contributed by atoms with Crippen LogP contribution in [0.3, 0.4) is 0 Å². The third kappa shape index (κ3) is 4.52. The van der Waals surface area contributed by atoms with Crippen LogP contribution in [-0.2, 0) is 11.8 Å².